The predicted octanol–water partition coefficient (Wildman–Crippen LogP) is 3.30. The Labute approximate surface area is 127 Å². The van der Waals surface area contributed by atoms with Gasteiger partial charge in [0, 0.05) is 30.3 Å². The maximum absolute atomic E-state index is 13.1. The van der Waals surface area contributed by atoms with Gasteiger partial charge in [-0.3, -0.25) is 4.90 Å². The summed E-state index contributed by atoms with van der Waals surface area (Å²) in [5.41, 5.74) is 0.814. The molecule has 1 saturated heterocycles. The number of likely N-dealkylation sites (tertiary alicyclic amines) is 1. The summed E-state index contributed by atoms with van der Waals surface area (Å²) < 4.78 is 13.1. The first-order valence-electron chi connectivity index (χ1n) is 7.93. The molecule has 1 aliphatic rings. The van der Waals surface area contributed by atoms with Crippen molar-refractivity contribution in [3.05, 3.63) is 29.6 Å². The zero-order chi connectivity index (χ0) is 15.4. The largest absolute Gasteiger partial charge is 0.508 e. The lowest BCUT2D eigenvalue weighted by molar-refractivity contribution is 0.128. The summed E-state index contributed by atoms with van der Waals surface area (Å²) in [4.78, 5) is 2.39. The molecule has 4 heteroatoms. The van der Waals surface area contributed by atoms with Crippen LogP contribution in [0.3, 0.4) is 0 Å². The van der Waals surface area contributed by atoms with E-state index < -0.39 is 0 Å². The summed E-state index contributed by atoms with van der Waals surface area (Å²) >= 11 is 0. The van der Waals surface area contributed by atoms with Crippen molar-refractivity contribution in [3.8, 4) is 5.75 Å². The van der Waals surface area contributed by atoms with E-state index >= 15 is 0 Å². The Morgan fingerprint density at radius 2 is 2.14 bits per heavy atom. The number of nitrogens with one attached hydrogen (secondary N) is 1. The molecular formula is C17H27FN2O. The zero-order valence-corrected chi connectivity index (χ0v) is 13.3. The van der Waals surface area contributed by atoms with Gasteiger partial charge < -0.3 is 10.4 Å². The fraction of sp³-hybridized carbons (Fsp3) is 0.647. The molecule has 1 aliphatic heterocycles. The van der Waals surface area contributed by atoms with Crippen molar-refractivity contribution in [2.24, 2.45) is 5.92 Å². The van der Waals surface area contributed by atoms with Crippen LogP contribution in [0.1, 0.15) is 45.2 Å². The molecule has 2 N–H and O–H groups in total. The second kappa shape index (κ2) is 7.23. The highest BCUT2D eigenvalue weighted by Crippen LogP contribution is 2.31. The molecule has 0 bridgehead atoms. The van der Waals surface area contributed by atoms with Crippen LogP contribution in [-0.4, -0.2) is 35.7 Å². The topological polar surface area (TPSA) is 35.5 Å². The van der Waals surface area contributed by atoms with E-state index in [0.29, 0.717) is 12.0 Å². The Kier molecular flexibility index (Phi) is 5.59. The van der Waals surface area contributed by atoms with E-state index in [-0.39, 0.29) is 17.6 Å². The van der Waals surface area contributed by atoms with Gasteiger partial charge >= 0.3 is 0 Å². The molecule has 2 rings (SSSR count). The van der Waals surface area contributed by atoms with Crippen LogP contribution in [0.15, 0.2) is 18.2 Å². The first-order chi connectivity index (χ1) is 9.97. The number of phenols is 1. The molecule has 21 heavy (non-hydrogen) atoms. The lowest BCUT2D eigenvalue weighted by Crippen LogP contribution is -2.42. The highest BCUT2D eigenvalue weighted by atomic mass is 19.1. The lowest BCUT2D eigenvalue weighted by atomic mass is 9.94. The molecule has 2 unspecified atom stereocenters. The van der Waals surface area contributed by atoms with Crippen LogP contribution >= 0.6 is 0 Å². The van der Waals surface area contributed by atoms with Gasteiger partial charge in [-0.25, -0.2) is 4.39 Å². The maximum atomic E-state index is 13.1. The second-order valence-corrected chi connectivity index (χ2v) is 6.45. The molecule has 0 aliphatic carbocycles. The third-order valence-corrected chi connectivity index (χ3v) is 4.36. The molecule has 0 amide bonds. The summed E-state index contributed by atoms with van der Waals surface area (Å²) in [6.07, 6.45) is 2.43. The van der Waals surface area contributed by atoms with Crippen LogP contribution in [0.4, 0.5) is 4.39 Å². The third-order valence-electron chi connectivity index (χ3n) is 4.36. The number of hydrogen-bond donors (Lipinski definition) is 2. The zero-order valence-electron chi connectivity index (χ0n) is 13.3. The molecule has 2 atom stereocenters. The van der Waals surface area contributed by atoms with Crippen LogP contribution in [0.5, 0.6) is 5.75 Å². The van der Waals surface area contributed by atoms with Gasteiger partial charge in [0.05, 0.1) is 0 Å². The van der Waals surface area contributed by atoms with Crippen molar-refractivity contribution in [3.63, 3.8) is 0 Å². The van der Waals surface area contributed by atoms with Crippen LogP contribution in [0.2, 0.25) is 0 Å². The third kappa shape index (κ3) is 4.42. The van der Waals surface area contributed by atoms with Gasteiger partial charge in [0.1, 0.15) is 11.6 Å². The van der Waals surface area contributed by atoms with Gasteiger partial charge in [-0.2, -0.15) is 0 Å². The number of benzene rings is 1. The van der Waals surface area contributed by atoms with E-state index in [2.05, 4.69) is 31.0 Å². The Hall–Kier alpha value is -1.13. The number of aromatic hydroxyl groups is 1. The number of rotatable bonds is 5. The van der Waals surface area contributed by atoms with E-state index in [0.717, 1.165) is 25.2 Å². The summed E-state index contributed by atoms with van der Waals surface area (Å²) in [6, 6.07) is 4.96. The summed E-state index contributed by atoms with van der Waals surface area (Å²) in [7, 11) is 0. The fourth-order valence-corrected chi connectivity index (χ4v) is 3.08. The Bertz CT molecular complexity index is 464. The summed E-state index contributed by atoms with van der Waals surface area (Å²) in [5.74, 6) is 0.317. The average Bonchev–Trinajstić information content (AvgIpc) is 2.45. The van der Waals surface area contributed by atoms with Crippen molar-refractivity contribution in [1.29, 1.82) is 0 Å². The molecule has 118 valence electrons. The smallest absolute Gasteiger partial charge is 0.126 e. The van der Waals surface area contributed by atoms with Gasteiger partial charge in [-0.05, 0) is 44.8 Å². The number of piperidine rings is 1. The minimum Gasteiger partial charge on any atom is -0.508 e. The van der Waals surface area contributed by atoms with E-state index in [4.69, 9.17) is 0 Å². The molecular weight excluding hydrogens is 267 g/mol. The van der Waals surface area contributed by atoms with Crippen LogP contribution in [0.25, 0.3) is 0 Å². The lowest BCUT2D eigenvalue weighted by Gasteiger charge is -2.37. The number of nitrogens with zero attached hydrogens (tertiary/aromatic N) is 1. The normalized spacial score (nSPS) is 21.7. The quantitative estimate of drug-likeness (QED) is 0.874. The second-order valence-electron chi connectivity index (χ2n) is 6.45. The molecule has 1 aromatic rings. The highest BCUT2D eigenvalue weighted by molar-refractivity contribution is 5.35. The molecule has 1 fully saturated rings. The van der Waals surface area contributed by atoms with Gasteiger partial charge in [0.25, 0.3) is 0 Å². The maximum Gasteiger partial charge on any atom is 0.126 e. The van der Waals surface area contributed by atoms with Crippen molar-refractivity contribution in [2.45, 2.75) is 45.7 Å². The van der Waals surface area contributed by atoms with Crippen molar-refractivity contribution in [1.82, 2.24) is 10.2 Å². The van der Waals surface area contributed by atoms with Gasteiger partial charge in [0.15, 0.2) is 0 Å². The minimum atomic E-state index is -0.388. The van der Waals surface area contributed by atoms with E-state index in [1.54, 1.807) is 6.07 Å². The molecule has 1 heterocycles. The van der Waals surface area contributed by atoms with E-state index in [1.807, 2.05) is 0 Å². The SMILES string of the molecule is CC(C)NCC1CCCN(C(C)c2ccc(F)cc2O)C1. The van der Waals surface area contributed by atoms with Crippen LogP contribution in [-0.2, 0) is 0 Å². The summed E-state index contributed by atoms with van der Waals surface area (Å²) in [6.45, 7) is 9.52. The van der Waals surface area contributed by atoms with Crippen molar-refractivity contribution < 1.29 is 9.50 Å². The molecule has 0 spiro atoms. The molecule has 1 aromatic carbocycles. The van der Waals surface area contributed by atoms with E-state index in [1.165, 1.54) is 25.0 Å². The van der Waals surface area contributed by atoms with Crippen LogP contribution < -0.4 is 5.32 Å². The fourth-order valence-electron chi connectivity index (χ4n) is 3.08. The first-order valence-corrected chi connectivity index (χ1v) is 7.93. The first kappa shape index (κ1) is 16.2. The highest BCUT2D eigenvalue weighted by Gasteiger charge is 2.25. The number of hydrogen-bond acceptors (Lipinski definition) is 3. The molecule has 0 aromatic heterocycles. The molecule has 0 radical (unpaired) electrons. The monoisotopic (exact) mass is 294 g/mol. The molecule has 0 saturated carbocycles. The Balaban J connectivity index is 1.99. The van der Waals surface area contributed by atoms with Gasteiger partial charge in [-0.1, -0.05) is 19.9 Å². The standard InChI is InChI=1S/C17H27FN2O/c1-12(2)19-10-14-5-4-8-20(11-14)13(3)16-7-6-15(18)9-17(16)21/h6-7,9,12-14,19,21H,4-5,8,10-11H2,1-3H3. The predicted molar refractivity (Wildman–Crippen MR) is 83.9 cm³/mol. The van der Waals surface area contributed by atoms with Crippen molar-refractivity contribution in [2.75, 3.05) is 19.6 Å². The van der Waals surface area contributed by atoms with Gasteiger partial charge in [-0.15, -0.1) is 0 Å². The Morgan fingerprint density at radius 3 is 2.81 bits per heavy atom. The van der Waals surface area contributed by atoms with E-state index in [9.17, 15) is 9.50 Å². The van der Waals surface area contributed by atoms with Gasteiger partial charge in [0.2, 0.25) is 0 Å². The van der Waals surface area contributed by atoms with Crippen LogP contribution in [0, 0.1) is 11.7 Å². The summed E-state index contributed by atoms with van der Waals surface area (Å²) in [5, 5.41) is 13.5. The average molecular weight is 294 g/mol. The number of phenolic OH excluding ortho intramolecular Hbond substituents is 1. The minimum absolute atomic E-state index is 0.0601. The van der Waals surface area contributed by atoms with Crippen molar-refractivity contribution >= 4 is 0 Å². The Morgan fingerprint density at radius 1 is 1.38 bits per heavy atom. The molecule has 3 nitrogen and oxygen atoms in total. The number of halogens is 1.